The Morgan fingerprint density at radius 1 is 0.561 bits per heavy atom. The van der Waals surface area contributed by atoms with Gasteiger partial charge in [0.15, 0.2) is 0 Å². The zero-order chi connectivity index (χ0) is 28.7. The molecule has 12 fully saturated rings. The molecular weight excluding hydrogens is 528 g/mol. The van der Waals surface area contributed by atoms with Crippen LogP contribution in [0, 0.1) is 47.3 Å². The van der Waals surface area contributed by atoms with E-state index in [9.17, 15) is 24.0 Å². The summed E-state index contributed by atoms with van der Waals surface area (Å²) in [6, 6.07) is -0.307. The van der Waals surface area contributed by atoms with Crippen LogP contribution in [0.25, 0.3) is 0 Å². The van der Waals surface area contributed by atoms with Crippen LogP contribution in [0.5, 0.6) is 0 Å². The highest BCUT2D eigenvalue weighted by Gasteiger charge is 2.67. The number of methoxy groups -OCH3 is 1. The molecule has 8 bridgehead atoms. The number of carbonyl (C=O) groups excluding carboxylic acids is 5. The van der Waals surface area contributed by atoms with Crippen LogP contribution in [0.4, 0.5) is 4.79 Å². The predicted molar refractivity (Wildman–Crippen MR) is 142 cm³/mol. The standard InChI is InChI=1S/C30H40N4O7/c1-30(2,3)41-29(39)34-12-15-7-19(34)23(15)27(37)32-10-13-5-17(32)21(13)25(35)31-9-14-6-18(31)22(14)26(36)33-11-16-8-20(33)24(16)28(38)40-4/h13-24H,5-12H2,1-4H3. The predicted octanol–water partition coefficient (Wildman–Crippen LogP) is 0.956. The molecule has 0 N–H and O–H groups in total. The van der Waals surface area contributed by atoms with E-state index in [1.807, 2.05) is 35.5 Å². The number of hydrogen-bond donors (Lipinski definition) is 0. The van der Waals surface area contributed by atoms with Crippen molar-refractivity contribution in [1.82, 2.24) is 19.6 Å². The highest BCUT2D eigenvalue weighted by molar-refractivity contribution is 5.90. The molecule has 4 aliphatic carbocycles. The van der Waals surface area contributed by atoms with Gasteiger partial charge in [-0.15, -0.1) is 0 Å². The van der Waals surface area contributed by atoms with E-state index in [0.717, 1.165) is 25.7 Å². The van der Waals surface area contributed by atoms with Crippen molar-refractivity contribution >= 4 is 29.8 Å². The van der Waals surface area contributed by atoms with Crippen LogP contribution in [0.2, 0.25) is 0 Å². The molecule has 8 aliphatic heterocycles. The molecule has 11 nitrogen and oxygen atoms in total. The van der Waals surface area contributed by atoms with Crippen LogP contribution in [0.15, 0.2) is 0 Å². The summed E-state index contributed by atoms with van der Waals surface area (Å²) in [6.45, 7) is 7.94. The van der Waals surface area contributed by atoms with Gasteiger partial charge in [-0.25, -0.2) is 4.79 Å². The first-order valence-electron chi connectivity index (χ1n) is 15.5. The van der Waals surface area contributed by atoms with E-state index in [0.29, 0.717) is 26.2 Å². The number of nitrogens with zero attached hydrogens (tertiary/aromatic N) is 4. The molecule has 0 radical (unpaired) electrons. The Morgan fingerprint density at radius 3 is 1.29 bits per heavy atom. The largest absolute Gasteiger partial charge is 0.469 e. The maximum absolute atomic E-state index is 13.8. The van der Waals surface area contributed by atoms with E-state index in [1.165, 1.54) is 7.11 Å². The summed E-state index contributed by atoms with van der Waals surface area (Å²) in [5.41, 5.74) is -0.576. The Bertz CT molecular complexity index is 1250. The lowest BCUT2D eigenvalue weighted by molar-refractivity contribution is -0.153. The van der Waals surface area contributed by atoms with Gasteiger partial charge in [-0.05, 0) is 70.1 Å². The van der Waals surface area contributed by atoms with Gasteiger partial charge < -0.3 is 29.1 Å². The Labute approximate surface area is 239 Å². The second-order valence-electron chi connectivity index (χ2n) is 15.0. The maximum Gasteiger partial charge on any atom is 0.410 e. The number of amides is 4. The van der Waals surface area contributed by atoms with Gasteiger partial charge in [-0.1, -0.05) is 0 Å². The fourth-order valence-corrected chi connectivity index (χ4v) is 9.93. The van der Waals surface area contributed by atoms with Crippen LogP contribution < -0.4 is 0 Å². The smallest absolute Gasteiger partial charge is 0.410 e. The normalized spacial score (nSPS) is 44.1. The number of esters is 1. The minimum absolute atomic E-state index is 0.0563. The average molecular weight is 569 g/mol. The fraction of sp³-hybridized carbons (Fsp3) is 0.833. The molecule has 0 spiro atoms. The van der Waals surface area contributed by atoms with Crippen LogP contribution in [0.3, 0.4) is 0 Å². The number of carbonyl (C=O) groups is 5. The molecule has 12 rings (SSSR count). The third-order valence-electron chi connectivity index (χ3n) is 12.0. The summed E-state index contributed by atoms with van der Waals surface area (Å²) in [5, 5.41) is 0. The van der Waals surface area contributed by atoms with E-state index >= 15 is 0 Å². The SMILES string of the molecule is COC(=O)C1C2CC1N(C(=O)C1C3CC1N(C(=O)C1C4CC1N(C(=O)C1C5CC1N(C(=O)OC(C)(C)C)C5)C4)C3)C2. The van der Waals surface area contributed by atoms with Gasteiger partial charge in [0.2, 0.25) is 17.7 Å². The lowest BCUT2D eigenvalue weighted by atomic mass is 9.70. The average Bonchev–Trinajstić information content (AvgIpc) is 3.70. The van der Waals surface area contributed by atoms with Gasteiger partial charge in [0.25, 0.3) is 0 Å². The number of hydrogen-bond acceptors (Lipinski definition) is 7. The molecular formula is C30H40N4O7. The van der Waals surface area contributed by atoms with Gasteiger partial charge in [-0.3, -0.25) is 19.2 Å². The summed E-state index contributed by atoms with van der Waals surface area (Å²) in [5.74, 6) is 0.0554. The quantitative estimate of drug-likeness (QED) is 0.464. The van der Waals surface area contributed by atoms with Gasteiger partial charge in [0.05, 0.1) is 30.8 Å². The lowest BCUT2D eigenvalue weighted by Gasteiger charge is -2.43. The fourth-order valence-electron chi connectivity index (χ4n) is 9.93. The topological polar surface area (TPSA) is 117 Å². The van der Waals surface area contributed by atoms with Crippen LogP contribution >= 0.6 is 0 Å². The third kappa shape index (κ3) is 3.40. The molecule has 11 heteroatoms. The van der Waals surface area contributed by atoms with Crippen molar-refractivity contribution in [2.75, 3.05) is 33.3 Å². The summed E-state index contributed by atoms with van der Waals surface area (Å²) in [4.78, 5) is 73.5. The van der Waals surface area contributed by atoms with Crippen LogP contribution in [-0.4, -0.2) is 112 Å². The molecule has 0 aromatic heterocycles. The van der Waals surface area contributed by atoms with Gasteiger partial charge >= 0.3 is 12.1 Å². The Kier molecular flexibility index (Phi) is 5.27. The van der Waals surface area contributed by atoms with E-state index in [2.05, 4.69) is 0 Å². The Balaban J connectivity index is 0.894. The second kappa shape index (κ2) is 8.37. The summed E-state index contributed by atoms with van der Waals surface area (Å²) in [7, 11) is 1.40. The molecule has 12 aliphatic rings. The molecule has 12 unspecified atom stereocenters. The van der Waals surface area contributed by atoms with Crippen molar-refractivity contribution in [2.24, 2.45) is 47.3 Å². The van der Waals surface area contributed by atoms with Crippen molar-refractivity contribution in [2.45, 2.75) is 76.2 Å². The Hall–Kier alpha value is -2.85. The first-order valence-corrected chi connectivity index (χ1v) is 15.5. The van der Waals surface area contributed by atoms with Crippen molar-refractivity contribution in [3.8, 4) is 0 Å². The molecule has 0 aromatic carbocycles. The van der Waals surface area contributed by atoms with Gasteiger partial charge in [-0.2, -0.15) is 0 Å². The highest BCUT2D eigenvalue weighted by Crippen LogP contribution is 2.56. The molecule has 4 amide bonds. The Morgan fingerprint density at radius 2 is 0.902 bits per heavy atom. The zero-order valence-electron chi connectivity index (χ0n) is 24.2. The number of rotatable bonds is 4. The first kappa shape index (κ1) is 25.8. The molecule has 41 heavy (non-hydrogen) atoms. The number of fused-ring (bicyclic) bond motifs is 4. The number of ether oxygens (including phenoxy) is 2. The molecule has 12 atom stereocenters. The van der Waals surface area contributed by atoms with Gasteiger partial charge in [0, 0.05) is 50.3 Å². The van der Waals surface area contributed by atoms with E-state index in [1.54, 1.807) is 4.90 Å². The third-order valence-corrected chi connectivity index (χ3v) is 12.0. The van der Waals surface area contributed by atoms with E-state index in [-0.39, 0.29) is 101 Å². The minimum Gasteiger partial charge on any atom is -0.469 e. The van der Waals surface area contributed by atoms with Crippen LogP contribution in [-0.2, 0) is 28.7 Å². The monoisotopic (exact) mass is 568 g/mol. The molecule has 0 aromatic rings. The summed E-state index contributed by atoms with van der Waals surface area (Å²) < 4.78 is 10.5. The molecule has 8 heterocycles. The molecule has 4 saturated carbocycles. The van der Waals surface area contributed by atoms with E-state index in [4.69, 9.17) is 9.47 Å². The van der Waals surface area contributed by atoms with Gasteiger partial charge in [0.1, 0.15) is 5.60 Å². The van der Waals surface area contributed by atoms with Crippen molar-refractivity contribution in [3.63, 3.8) is 0 Å². The van der Waals surface area contributed by atoms with Crippen molar-refractivity contribution in [3.05, 3.63) is 0 Å². The maximum atomic E-state index is 13.8. The van der Waals surface area contributed by atoms with Crippen molar-refractivity contribution in [1.29, 1.82) is 0 Å². The second-order valence-corrected chi connectivity index (χ2v) is 15.0. The molecule has 222 valence electrons. The zero-order valence-corrected chi connectivity index (χ0v) is 24.2. The lowest BCUT2D eigenvalue weighted by Crippen LogP contribution is -2.56. The molecule has 8 saturated heterocycles. The minimum atomic E-state index is -0.576. The van der Waals surface area contributed by atoms with Crippen LogP contribution in [0.1, 0.15) is 46.5 Å². The van der Waals surface area contributed by atoms with E-state index < -0.39 is 5.60 Å². The summed E-state index contributed by atoms with van der Waals surface area (Å²) >= 11 is 0. The summed E-state index contributed by atoms with van der Waals surface area (Å²) in [6.07, 6.45) is 3.08. The first-order chi connectivity index (χ1) is 19.5. The highest BCUT2D eigenvalue weighted by atomic mass is 16.6. The van der Waals surface area contributed by atoms with Crippen molar-refractivity contribution < 1.29 is 33.4 Å².